The predicted molar refractivity (Wildman–Crippen MR) is 99.0 cm³/mol. The van der Waals surface area contributed by atoms with Gasteiger partial charge in [0.2, 0.25) is 15.9 Å². The van der Waals surface area contributed by atoms with Gasteiger partial charge in [-0.15, -0.1) is 0 Å². The zero-order valence-corrected chi connectivity index (χ0v) is 16.8. The van der Waals surface area contributed by atoms with Crippen LogP contribution in [0, 0.1) is 0 Å². The van der Waals surface area contributed by atoms with Crippen LogP contribution in [0.3, 0.4) is 0 Å². The average molecular weight is 445 g/mol. The second kappa shape index (κ2) is 7.63. The number of hydrogen-bond donors (Lipinski definition) is 1. The Morgan fingerprint density at radius 2 is 1.73 bits per heavy atom. The maximum absolute atomic E-state index is 12.7. The predicted octanol–water partition coefficient (Wildman–Crippen LogP) is 0.696. The van der Waals surface area contributed by atoms with Gasteiger partial charge in [-0.1, -0.05) is 15.9 Å². The van der Waals surface area contributed by atoms with E-state index in [0.29, 0.717) is 39.3 Å². The van der Waals surface area contributed by atoms with Crippen molar-refractivity contribution in [1.82, 2.24) is 19.4 Å². The van der Waals surface area contributed by atoms with Crippen molar-refractivity contribution >= 4 is 37.9 Å². The third-order valence-electron chi connectivity index (χ3n) is 4.75. The van der Waals surface area contributed by atoms with Crippen molar-refractivity contribution < 1.29 is 18.0 Å². The highest BCUT2D eigenvalue weighted by Gasteiger charge is 2.35. The van der Waals surface area contributed by atoms with Gasteiger partial charge >= 0.3 is 6.03 Å². The third-order valence-corrected chi connectivity index (χ3v) is 7.19. The first-order valence-electron chi connectivity index (χ1n) is 8.39. The number of sulfonamides is 1. The van der Waals surface area contributed by atoms with E-state index in [4.69, 9.17) is 0 Å². The fourth-order valence-corrected chi connectivity index (χ4v) is 4.84. The molecule has 0 aliphatic carbocycles. The normalized spacial score (nSPS) is 20.8. The van der Waals surface area contributed by atoms with Crippen molar-refractivity contribution in [2.24, 2.45) is 0 Å². The molecule has 2 aliphatic heterocycles. The fourth-order valence-electron chi connectivity index (χ4n) is 3.15. The minimum Gasteiger partial charge on any atom is -0.336 e. The van der Waals surface area contributed by atoms with E-state index in [1.165, 1.54) is 9.21 Å². The molecule has 3 amide bonds. The fraction of sp³-hybridized carbons (Fsp3) is 0.500. The Labute approximate surface area is 161 Å². The number of nitrogens with one attached hydrogen (secondary N) is 1. The number of carbonyl (C=O) groups is 2. The Hall–Kier alpha value is -1.49. The van der Waals surface area contributed by atoms with Gasteiger partial charge in [-0.05, 0) is 31.2 Å². The molecule has 2 fully saturated rings. The first-order chi connectivity index (χ1) is 12.3. The molecule has 0 bridgehead atoms. The molecule has 1 atom stereocenters. The molecule has 0 aromatic heterocycles. The second-order valence-corrected chi connectivity index (χ2v) is 9.15. The highest BCUT2D eigenvalue weighted by atomic mass is 79.9. The Morgan fingerprint density at radius 1 is 1.12 bits per heavy atom. The van der Waals surface area contributed by atoms with Crippen molar-refractivity contribution in [3.8, 4) is 0 Å². The van der Waals surface area contributed by atoms with Crippen molar-refractivity contribution in [1.29, 1.82) is 0 Å². The lowest BCUT2D eigenvalue weighted by atomic mass is 10.2. The van der Waals surface area contributed by atoms with E-state index in [1.54, 1.807) is 31.2 Å². The first kappa shape index (κ1) is 19.3. The molecule has 1 unspecified atom stereocenters. The topological polar surface area (TPSA) is 90.0 Å². The van der Waals surface area contributed by atoms with Crippen LogP contribution in [0.15, 0.2) is 33.6 Å². The molecule has 0 spiro atoms. The summed E-state index contributed by atoms with van der Waals surface area (Å²) in [6, 6.07) is 5.72. The van der Waals surface area contributed by atoms with Crippen molar-refractivity contribution in [2.75, 3.05) is 39.3 Å². The SMILES string of the molecule is CC(C(=O)N1CCNC1=O)N1CCN(S(=O)(=O)c2ccc(Br)cc2)CC1. The van der Waals surface area contributed by atoms with E-state index in [9.17, 15) is 18.0 Å². The molecule has 2 aliphatic rings. The number of urea groups is 1. The zero-order valence-electron chi connectivity index (χ0n) is 14.4. The summed E-state index contributed by atoms with van der Waals surface area (Å²) < 4.78 is 27.7. The summed E-state index contributed by atoms with van der Waals surface area (Å²) in [5.74, 6) is -0.246. The Morgan fingerprint density at radius 3 is 2.27 bits per heavy atom. The summed E-state index contributed by atoms with van der Waals surface area (Å²) >= 11 is 3.30. The summed E-state index contributed by atoms with van der Waals surface area (Å²) in [6.45, 7) is 4.10. The largest absolute Gasteiger partial charge is 0.336 e. The van der Waals surface area contributed by atoms with Crippen molar-refractivity contribution in [2.45, 2.75) is 17.9 Å². The number of rotatable bonds is 4. The van der Waals surface area contributed by atoms with Gasteiger partial charge in [0.25, 0.3) is 0 Å². The number of hydrogen-bond acceptors (Lipinski definition) is 5. The minimum absolute atomic E-state index is 0.246. The average Bonchev–Trinajstić information content (AvgIpc) is 3.07. The van der Waals surface area contributed by atoms with E-state index in [1.807, 2.05) is 4.90 Å². The molecule has 10 heteroatoms. The van der Waals surface area contributed by atoms with Gasteiger partial charge in [0.15, 0.2) is 0 Å². The Bertz CT molecular complexity index is 791. The van der Waals surface area contributed by atoms with E-state index < -0.39 is 16.1 Å². The van der Waals surface area contributed by atoms with Crippen LogP contribution in [0.5, 0.6) is 0 Å². The number of carbonyl (C=O) groups excluding carboxylic acids is 2. The van der Waals surface area contributed by atoms with Crippen LogP contribution >= 0.6 is 15.9 Å². The summed E-state index contributed by atoms with van der Waals surface area (Å²) in [6.07, 6.45) is 0. The van der Waals surface area contributed by atoms with E-state index >= 15 is 0 Å². The van der Waals surface area contributed by atoms with Gasteiger partial charge in [0.05, 0.1) is 10.9 Å². The van der Waals surface area contributed by atoms with Crippen molar-refractivity contribution in [3.05, 3.63) is 28.7 Å². The minimum atomic E-state index is -3.55. The zero-order chi connectivity index (χ0) is 18.9. The Balaban J connectivity index is 1.62. The third kappa shape index (κ3) is 3.78. The molecule has 2 heterocycles. The number of halogens is 1. The van der Waals surface area contributed by atoms with Crippen LogP contribution in [-0.2, 0) is 14.8 Å². The molecule has 1 aromatic rings. The molecule has 26 heavy (non-hydrogen) atoms. The number of nitrogens with zero attached hydrogens (tertiary/aromatic N) is 3. The Kier molecular flexibility index (Phi) is 5.66. The molecule has 1 N–H and O–H groups in total. The van der Waals surface area contributed by atoms with Crippen LogP contribution in [0.1, 0.15) is 6.92 Å². The van der Waals surface area contributed by atoms with Gasteiger partial charge in [0, 0.05) is 43.7 Å². The number of benzene rings is 1. The number of amides is 3. The quantitative estimate of drug-likeness (QED) is 0.737. The lowest BCUT2D eigenvalue weighted by Gasteiger charge is -2.37. The monoisotopic (exact) mass is 444 g/mol. The molecule has 0 saturated carbocycles. The van der Waals surface area contributed by atoms with Gasteiger partial charge in [-0.25, -0.2) is 13.2 Å². The van der Waals surface area contributed by atoms with Crippen LogP contribution in [0.25, 0.3) is 0 Å². The van der Waals surface area contributed by atoms with E-state index in [-0.39, 0.29) is 16.8 Å². The number of piperazine rings is 1. The highest BCUT2D eigenvalue weighted by Crippen LogP contribution is 2.21. The van der Waals surface area contributed by atoms with E-state index in [0.717, 1.165) is 4.47 Å². The number of imide groups is 1. The molecule has 3 rings (SSSR count). The maximum atomic E-state index is 12.7. The smallest absolute Gasteiger partial charge is 0.324 e. The summed E-state index contributed by atoms with van der Waals surface area (Å²) in [5, 5.41) is 2.61. The van der Waals surface area contributed by atoms with Gasteiger partial charge < -0.3 is 5.32 Å². The highest BCUT2D eigenvalue weighted by molar-refractivity contribution is 9.10. The molecule has 8 nitrogen and oxygen atoms in total. The standard InChI is InChI=1S/C16H21BrN4O4S/c1-12(15(22)21-7-6-18-16(21)23)19-8-10-20(11-9-19)26(24,25)14-4-2-13(17)3-5-14/h2-5,12H,6-11H2,1H3,(H,18,23). The molecule has 2 saturated heterocycles. The van der Waals surface area contributed by atoms with E-state index in [2.05, 4.69) is 21.2 Å². The summed E-state index contributed by atoms with van der Waals surface area (Å²) in [4.78, 5) is 27.5. The van der Waals surface area contributed by atoms with Gasteiger partial charge in [-0.3, -0.25) is 14.6 Å². The van der Waals surface area contributed by atoms with Crippen LogP contribution in [0.4, 0.5) is 4.79 Å². The molecular weight excluding hydrogens is 424 g/mol. The molecule has 142 valence electrons. The summed E-state index contributed by atoms with van der Waals surface area (Å²) in [7, 11) is -3.55. The van der Waals surface area contributed by atoms with Crippen LogP contribution in [0.2, 0.25) is 0 Å². The van der Waals surface area contributed by atoms with Crippen LogP contribution < -0.4 is 5.32 Å². The lowest BCUT2D eigenvalue weighted by Crippen LogP contribution is -2.55. The van der Waals surface area contributed by atoms with Crippen LogP contribution in [-0.4, -0.2) is 79.8 Å². The van der Waals surface area contributed by atoms with Gasteiger partial charge in [0.1, 0.15) is 0 Å². The van der Waals surface area contributed by atoms with Crippen molar-refractivity contribution in [3.63, 3.8) is 0 Å². The first-order valence-corrected chi connectivity index (χ1v) is 10.6. The van der Waals surface area contributed by atoms with Gasteiger partial charge in [-0.2, -0.15) is 4.31 Å². The maximum Gasteiger partial charge on any atom is 0.324 e. The molecule has 1 aromatic carbocycles. The molecular formula is C16H21BrN4O4S. The molecule has 0 radical (unpaired) electrons. The lowest BCUT2D eigenvalue weighted by molar-refractivity contribution is -0.133. The summed E-state index contributed by atoms with van der Waals surface area (Å²) in [5.41, 5.74) is 0. The second-order valence-electron chi connectivity index (χ2n) is 6.29.